The fraction of sp³-hybridized carbons (Fsp3) is 0.333. The fourth-order valence-electron chi connectivity index (χ4n) is 1.54. The number of rotatable bonds is 2. The van der Waals surface area contributed by atoms with Gasteiger partial charge in [0.15, 0.2) is 11.2 Å². The lowest BCUT2D eigenvalue weighted by molar-refractivity contribution is -0.121. The molecule has 2 aromatic heterocycles. The molecular formula is C9H11N5O3. The van der Waals surface area contributed by atoms with E-state index < -0.39 is 11.2 Å². The Hall–Kier alpha value is -2.38. The largest absolute Gasteiger partial charge is 0.358 e. The number of aromatic amines is 1. The van der Waals surface area contributed by atoms with Crippen LogP contribution in [0.2, 0.25) is 0 Å². The molecule has 0 saturated heterocycles. The molecule has 2 aromatic rings. The van der Waals surface area contributed by atoms with Crippen LogP contribution in [0.5, 0.6) is 0 Å². The summed E-state index contributed by atoms with van der Waals surface area (Å²) in [6, 6.07) is 0. The van der Waals surface area contributed by atoms with Gasteiger partial charge in [0.25, 0.3) is 5.56 Å². The first-order valence-corrected chi connectivity index (χ1v) is 4.89. The van der Waals surface area contributed by atoms with Crippen molar-refractivity contribution in [2.24, 2.45) is 7.05 Å². The molecule has 1 amide bonds. The second-order valence-electron chi connectivity index (χ2n) is 3.54. The average Bonchev–Trinajstić information content (AvgIpc) is 2.70. The Bertz CT molecular complexity index is 693. The predicted molar refractivity (Wildman–Crippen MR) is 59.7 cm³/mol. The van der Waals surface area contributed by atoms with E-state index >= 15 is 0 Å². The molecule has 90 valence electrons. The van der Waals surface area contributed by atoms with Gasteiger partial charge in [-0.2, -0.15) is 0 Å². The van der Waals surface area contributed by atoms with Crippen LogP contribution >= 0.6 is 0 Å². The molecule has 0 atom stereocenters. The van der Waals surface area contributed by atoms with Crippen LogP contribution < -0.4 is 16.6 Å². The third-order valence-corrected chi connectivity index (χ3v) is 2.47. The molecule has 2 N–H and O–H groups in total. The first kappa shape index (κ1) is 11.1. The van der Waals surface area contributed by atoms with E-state index in [1.807, 2.05) is 0 Å². The van der Waals surface area contributed by atoms with Gasteiger partial charge in [0, 0.05) is 14.1 Å². The molecule has 2 heterocycles. The number of H-pyrrole nitrogens is 1. The van der Waals surface area contributed by atoms with E-state index in [-0.39, 0.29) is 23.6 Å². The number of imidazole rings is 1. The second kappa shape index (κ2) is 3.89. The number of amides is 1. The lowest BCUT2D eigenvalue weighted by atomic mass is 10.5. The van der Waals surface area contributed by atoms with Crippen LogP contribution in [0.4, 0.5) is 0 Å². The van der Waals surface area contributed by atoms with Crippen LogP contribution in [0.25, 0.3) is 11.2 Å². The highest BCUT2D eigenvalue weighted by atomic mass is 16.2. The smallest absolute Gasteiger partial charge is 0.329 e. The first-order valence-electron chi connectivity index (χ1n) is 4.89. The Morgan fingerprint density at radius 2 is 2.24 bits per heavy atom. The van der Waals surface area contributed by atoms with Crippen LogP contribution in [0.15, 0.2) is 15.9 Å². The minimum Gasteiger partial charge on any atom is -0.358 e. The van der Waals surface area contributed by atoms with Crippen molar-refractivity contribution in [2.45, 2.75) is 6.54 Å². The molecule has 0 fully saturated rings. The van der Waals surface area contributed by atoms with Crippen molar-refractivity contribution >= 4 is 17.1 Å². The quantitative estimate of drug-likeness (QED) is 0.641. The van der Waals surface area contributed by atoms with Gasteiger partial charge in [0.2, 0.25) is 5.91 Å². The van der Waals surface area contributed by atoms with Gasteiger partial charge < -0.3 is 9.88 Å². The van der Waals surface area contributed by atoms with Crippen molar-refractivity contribution in [2.75, 3.05) is 7.05 Å². The standard InChI is InChI=1S/C9H11N5O3/c1-10-5(15)3-14-4-11-7-6(14)8(16)12-9(17)13(7)2/h4H,3H2,1-2H3,(H,10,15)(H,12,16,17). The lowest BCUT2D eigenvalue weighted by Crippen LogP contribution is -2.30. The Morgan fingerprint density at radius 3 is 2.88 bits per heavy atom. The maximum Gasteiger partial charge on any atom is 0.329 e. The zero-order valence-corrected chi connectivity index (χ0v) is 9.35. The summed E-state index contributed by atoms with van der Waals surface area (Å²) in [6.07, 6.45) is 1.36. The van der Waals surface area contributed by atoms with Crippen molar-refractivity contribution in [3.8, 4) is 0 Å². The summed E-state index contributed by atoms with van der Waals surface area (Å²) in [5.41, 5.74) is -0.629. The Balaban J connectivity index is 2.69. The van der Waals surface area contributed by atoms with Crippen LogP contribution in [0, 0.1) is 0 Å². The molecular weight excluding hydrogens is 226 g/mol. The van der Waals surface area contributed by atoms with Crippen LogP contribution in [-0.2, 0) is 18.4 Å². The summed E-state index contributed by atoms with van der Waals surface area (Å²) in [5, 5.41) is 2.45. The molecule has 0 aliphatic heterocycles. The second-order valence-corrected chi connectivity index (χ2v) is 3.54. The molecule has 0 saturated carbocycles. The highest BCUT2D eigenvalue weighted by molar-refractivity contribution is 5.78. The summed E-state index contributed by atoms with van der Waals surface area (Å²) in [6.45, 7) is -0.0196. The summed E-state index contributed by atoms with van der Waals surface area (Å²) in [5.74, 6) is -0.252. The molecule has 0 radical (unpaired) electrons. The highest BCUT2D eigenvalue weighted by Gasteiger charge is 2.12. The van der Waals surface area contributed by atoms with Gasteiger partial charge >= 0.3 is 5.69 Å². The number of hydrogen-bond acceptors (Lipinski definition) is 4. The van der Waals surface area contributed by atoms with Gasteiger partial charge in [-0.05, 0) is 0 Å². The topological polar surface area (TPSA) is 102 Å². The van der Waals surface area contributed by atoms with E-state index in [0.717, 1.165) is 0 Å². The van der Waals surface area contributed by atoms with Crippen LogP contribution in [-0.4, -0.2) is 32.1 Å². The molecule has 0 unspecified atom stereocenters. The molecule has 0 spiro atoms. The number of likely N-dealkylation sites (N-methyl/N-ethyl adjacent to an activating group) is 1. The van der Waals surface area contributed by atoms with Gasteiger partial charge in [-0.1, -0.05) is 0 Å². The monoisotopic (exact) mass is 237 g/mol. The number of aryl methyl sites for hydroxylation is 1. The molecule has 8 heteroatoms. The summed E-state index contributed by atoms with van der Waals surface area (Å²) in [7, 11) is 3.00. The molecule has 0 bridgehead atoms. The van der Waals surface area contributed by atoms with Gasteiger partial charge in [-0.3, -0.25) is 19.1 Å². The third-order valence-electron chi connectivity index (χ3n) is 2.47. The molecule has 0 aromatic carbocycles. The maximum absolute atomic E-state index is 11.6. The SMILES string of the molecule is CNC(=O)Cn1cnc2c1c(=O)[nH]c(=O)n2C. The van der Waals surface area contributed by atoms with Gasteiger partial charge in [-0.25, -0.2) is 9.78 Å². The Labute approximate surface area is 94.9 Å². The zero-order valence-electron chi connectivity index (χ0n) is 9.35. The van der Waals surface area contributed by atoms with E-state index in [0.29, 0.717) is 0 Å². The predicted octanol–water partition coefficient (Wildman–Crippen LogP) is -1.83. The van der Waals surface area contributed by atoms with Crippen LogP contribution in [0.1, 0.15) is 0 Å². The van der Waals surface area contributed by atoms with Gasteiger partial charge in [0.1, 0.15) is 6.54 Å². The molecule has 0 aliphatic carbocycles. The molecule has 0 aliphatic rings. The number of hydrogen-bond donors (Lipinski definition) is 2. The number of nitrogens with one attached hydrogen (secondary N) is 2. The summed E-state index contributed by atoms with van der Waals surface area (Å²) in [4.78, 5) is 40.3. The van der Waals surface area contributed by atoms with E-state index in [1.54, 1.807) is 0 Å². The van der Waals surface area contributed by atoms with Crippen molar-refractivity contribution in [1.82, 2.24) is 24.4 Å². The number of carbonyl (C=O) groups is 1. The fourth-order valence-corrected chi connectivity index (χ4v) is 1.54. The van der Waals surface area contributed by atoms with Crippen molar-refractivity contribution < 1.29 is 4.79 Å². The third kappa shape index (κ3) is 1.73. The number of aromatic nitrogens is 4. The van der Waals surface area contributed by atoms with Crippen LogP contribution in [0.3, 0.4) is 0 Å². The van der Waals surface area contributed by atoms with Crippen molar-refractivity contribution in [3.05, 3.63) is 27.2 Å². The van der Waals surface area contributed by atoms with E-state index in [1.165, 1.54) is 29.6 Å². The number of fused-ring (bicyclic) bond motifs is 1. The number of nitrogens with zero attached hydrogens (tertiary/aromatic N) is 3. The summed E-state index contributed by atoms with van der Waals surface area (Å²) >= 11 is 0. The zero-order chi connectivity index (χ0) is 12.6. The lowest BCUT2D eigenvalue weighted by Gasteiger charge is -2.02. The molecule has 2 rings (SSSR count). The van der Waals surface area contributed by atoms with E-state index in [2.05, 4.69) is 15.3 Å². The maximum atomic E-state index is 11.6. The number of carbonyl (C=O) groups excluding carboxylic acids is 1. The van der Waals surface area contributed by atoms with Gasteiger partial charge in [0.05, 0.1) is 6.33 Å². The minimum absolute atomic E-state index is 0.0196. The minimum atomic E-state index is -0.551. The average molecular weight is 237 g/mol. The summed E-state index contributed by atoms with van der Waals surface area (Å²) < 4.78 is 2.61. The normalized spacial score (nSPS) is 10.7. The highest BCUT2D eigenvalue weighted by Crippen LogP contribution is 2.03. The van der Waals surface area contributed by atoms with Crippen molar-refractivity contribution in [3.63, 3.8) is 0 Å². The molecule has 8 nitrogen and oxygen atoms in total. The Morgan fingerprint density at radius 1 is 1.53 bits per heavy atom. The van der Waals surface area contributed by atoms with E-state index in [4.69, 9.17) is 0 Å². The van der Waals surface area contributed by atoms with Crippen molar-refractivity contribution in [1.29, 1.82) is 0 Å². The molecule has 17 heavy (non-hydrogen) atoms. The van der Waals surface area contributed by atoms with Gasteiger partial charge in [-0.15, -0.1) is 0 Å². The van der Waals surface area contributed by atoms with E-state index in [9.17, 15) is 14.4 Å². The Kier molecular flexibility index (Phi) is 2.54. The first-order chi connectivity index (χ1) is 8.04.